The van der Waals surface area contributed by atoms with Gasteiger partial charge >= 0.3 is 0 Å². The Kier molecular flexibility index (Phi) is 8.53. The molecule has 1 saturated heterocycles. The zero-order valence-corrected chi connectivity index (χ0v) is 25.1. The number of aromatic nitrogens is 3. The molecule has 1 fully saturated rings. The first-order valence-corrected chi connectivity index (χ1v) is 14.3. The highest BCUT2D eigenvalue weighted by molar-refractivity contribution is 6.39. The standard InChI is InChI=1S/C28H26Cl4F2N6O/c1-28(33,34)16-4-3-7-40(14-16)23-10-24-22(9-18(23)30)38-27(39(24)2)37-21-8-15(5-6-17(21)29)11-36-26(41)25-19(31)12-35-13-20(25)32/h5-6,8-10,12-13,16H,3-4,7,11,14H2,1-2H3,(H,36,41)(H,37,38). The number of benzene rings is 2. The number of amides is 1. The van der Waals surface area contributed by atoms with Gasteiger partial charge in [0.25, 0.3) is 5.91 Å². The third-order valence-electron chi connectivity index (χ3n) is 7.24. The summed E-state index contributed by atoms with van der Waals surface area (Å²) >= 11 is 25.3. The van der Waals surface area contributed by atoms with Gasteiger partial charge < -0.3 is 20.1 Å². The minimum atomic E-state index is -2.76. The van der Waals surface area contributed by atoms with Crippen molar-refractivity contribution in [1.82, 2.24) is 19.9 Å². The Morgan fingerprint density at radius 2 is 1.80 bits per heavy atom. The first-order chi connectivity index (χ1) is 19.4. The fraction of sp³-hybridized carbons (Fsp3) is 0.321. The maximum Gasteiger partial charge on any atom is 0.254 e. The van der Waals surface area contributed by atoms with Crippen molar-refractivity contribution >= 4 is 80.7 Å². The molecule has 1 unspecified atom stereocenters. The summed E-state index contributed by atoms with van der Waals surface area (Å²) < 4.78 is 30.0. The number of alkyl halides is 2. The maximum atomic E-state index is 14.1. The van der Waals surface area contributed by atoms with E-state index in [4.69, 9.17) is 46.4 Å². The molecular weight excluding hydrogens is 616 g/mol. The van der Waals surface area contributed by atoms with Gasteiger partial charge in [-0.3, -0.25) is 9.78 Å². The highest BCUT2D eigenvalue weighted by atomic mass is 35.5. The second kappa shape index (κ2) is 11.8. The Labute approximate surface area is 255 Å². The van der Waals surface area contributed by atoms with Crippen LogP contribution in [0.2, 0.25) is 20.1 Å². The highest BCUT2D eigenvalue weighted by Gasteiger charge is 2.37. The molecule has 13 heteroatoms. The minimum Gasteiger partial charge on any atom is -0.370 e. The lowest BCUT2D eigenvalue weighted by molar-refractivity contribution is -0.0439. The van der Waals surface area contributed by atoms with Crippen LogP contribution in [0, 0.1) is 5.92 Å². The van der Waals surface area contributed by atoms with Crippen LogP contribution in [0.1, 0.15) is 35.7 Å². The molecular formula is C28H26Cl4F2N6O. The molecule has 2 aromatic carbocycles. The SMILES string of the molecule is Cn1c(Nc2cc(CNC(=O)c3c(Cl)cncc3Cl)ccc2Cl)nc2cc(Cl)c(N3CCCC(C(C)(F)F)C3)cc21. The molecule has 41 heavy (non-hydrogen) atoms. The third-order valence-corrected chi connectivity index (χ3v) is 8.44. The lowest BCUT2D eigenvalue weighted by Gasteiger charge is -2.37. The normalized spacial score (nSPS) is 15.8. The van der Waals surface area contributed by atoms with Crippen molar-refractivity contribution in [3.05, 3.63) is 73.9 Å². The molecule has 7 nitrogen and oxygen atoms in total. The molecule has 216 valence electrons. The van der Waals surface area contributed by atoms with Crippen LogP contribution in [-0.4, -0.2) is 39.5 Å². The molecule has 3 heterocycles. The molecule has 0 aliphatic carbocycles. The van der Waals surface area contributed by atoms with Crippen LogP contribution in [0.25, 0.3) is 11.0 Å². The van der Waals surface area contributed by atoms with Crippen molar-refractivity contribution in [2.45, 2.75) is 32.2 Å². The summed E-state index contributed by atoms with van der Waals surface area (Å²) in [6, 6.07) is 8.93. The van der Waals surface area contributed by atoms with E-state index in [0.717, 1.165) is 18.0 Å². The second-order valence-electron chi connectivity index (χ2n) is 10.1. The Balaban J connectivity index is 1.36. The smallest absolute Gasteiger partial charge is 0.254 e. The number of anilines is 3. The Morgan fingerprint density at radius 3 is 2.51 bits per heavy atom. The summed E-state index contributed by atoms with van der Waals surface area (Å²) in [4.78, 5) is 23.1. The molecule has 2 aromatic heterocycles. The quantitative estimate of drug-likeness (QED) is 0.213. The fourth-order valence-corrected chi connectivity index (χ4v) is 5.94. The number of hydrogen-bond acceptors (Lipinski definition) is 5. The predicted molar refractivity (Wildman–Crippen MR) is 161 cm³/mol. The fourth-order valence-electron chi connectivity index (χ4n) is 4.96. The van der Waals surface area contributed by atoms with Crippen LogP contribution in [0.15, 0.2) is 42.7 Å². The van der Waals surface area contributed by atoms with Crippen molar-refractivity contribution in [2.75, 3.05) is 23.3 Å². The van der Waals surface area contributed by atoms with E-state index in [-0.39, 0.29) is 28.7 Å². The van der Waals surface area contributed by atoms with Crippen molar-refractivity contribution in [3.63, 3.8) is 0 Å². The van der Waals surface area contributed by atoms with Gasteiger partial charge in [0.2, 0.25) is 11.9 Å². The average molecular weight is 642 g/mol. The maximum absolute atomic E-state index is 14.1. The molecule has 1 atom stereocenters. The van der Waals surface area contributed by atoms with Crippen LogP contribution in [-0.2, 0) is 13.6 Å². The Morgan fingerprint density at radius 1 is 1.07 bits per heavy atom. The number of fused-ring (bicyclic) bond motifs is 1. The number of nitrogens with zero attached hydrogens (tertiary/aromatic N) is 4. The van der Waals surface area contributed by atoms with Crippen LogP contribution >= 0.6 is 46.4 Å². The van der Waals surface area contributed by atoms with E-state index in [9.17, 15) is 13.6 Å². The van der Waals surface area contributed by atoms with Gasteiger partial charge in [-0.1, -0.05) is 52.5 Å². The lowest BCUT2D eigenvalue weighted by atomic mass is 9.92. The first kappa shape index (κ1) is 29.6. The molecule has 0 bridgehead atoms. The number of carbonyl (C=O) groups excluding carboxylic acids is 1. The second-order valence-corrected chi connectivity index (χ2v) is 11.8. The summed E-state index contributed by atoms with van der Waals surface area (Å²) in [5.74, 6) is -3.42. The zero-order chi connectivity index (χ0) is 29.5. The van der Waals surface area contributed by atoms with E-state index in [1.807, 2.05) is 22.6 Å². The Hall–Kier alpha value is -2.85. The number of aryl methyl sites for hydroxylation is 1. The molecule has 0 spiro atoms. The molecule has 1 amide bonds. The minimum absolute atomic E-state index is 0.150. The Bertz CT molecular complexity index is 1600. The topological polar surface area (TPSA) is 75.1 Å². The van der Waals surface area contributed by atoms with E-state index < -0.39 is 17.7 Å². The van der Waals surface area contributed by atoms with Crippen molar-refractivity contribution in [3.8, 4) is 0 Å². The van der Waals surface area contributed by atoms with Crippen LogP contribution < -0.4 is 15.5 Å². The van der Waals surface area contributed by atoms with Crippen molar-refractivity contribution < 1.29 is 13.6 Å². The summed E-state index contributed by atoms with van der Waals surface area (Å²) in [5, 5.41) is 7.27. The number of halogens is 6. The lowest BCUT2D eigenvalue weighted by Crippen LogP contribution is -2.42. The van der Waals surface area contributed by atoms with E-state index >= 15 is 0 Å². The number of rotatable bonds is 7. The highest BCUT2D eigenvalue weighted by Crippen LogP contribution is 2.38. The number of nitrogens with one attached hydrogen (secondary N) is 2. The zero-order valence-electron chi connectivity index (χ0n) is 22.1. The average Bonchev–Trinajstić information content (AvgIpc) is 3.21. The molecule has 0 radical (unpaired) electrons. The van der Waals surface area contributed by atoms with Gasteiger partial charge in [0.15, 0.2) is 0 Å². The van der Waals surface area contributed by atoms with Crippen molar-refractivity contribution in [1.29, 1.82) is 0 Å². The molecule has 1 aliphatic heterocycles. The van der Waals surface area contributed by atoms with Crippen molar-refractivity contribution in [2.24, 2.45) is 13.0 Å². The van der Waals surface area contributed by atoms with Gasteiger partial charge in [-0.25, -0.2) is 13.8 Å². The van der Waals surface area contributed by atoms with E-state index in [1.165, 1.54) is 12.4 Å². The van der Waals surface area contributed by atoms with Gasteiger partial charge in [-0.05, 0) is 49.6 Å². The number of piperidine rings is 1. The molecule has 4 aromatic rings. The van der Waals surface area contributed by atoms with E-state index in [1.54, 1.807) is 24.3 Å². The number of carbonyl (C=O) groups is 1. The molecule has 2 N–H and O–H groups in total. The van der Waals surface area contributed by atoms with E-state index in [2.05, 4.69) is 20.6 Å². The largest absolute Gasteiger partial charge is 0.370 e. The van der Waals surface area contributed by atoms with Gasteiger partial charge in [-0.2, -0.15) is 0 Å². The molecule has 5 rings (SSSR count). The monoisotopic (exact) mass is 640 g/mol. The third kappa shape index (κ3) is 6.33. The summed E-state index contributed by atoms with van der Waals surface area (Å²) in [6.07, 6.45) is 3.85. The van der Waals surface area contributed by atoms with Gasteiger partial charge in [-0.15, -0.1) is 0 Å². The predicted octanol–water partition coefficient (Wildman–Crippen LogP) is 8.13. The van der Waals surface area contributed by atoms with Gasteiger partial charge in [0.1, 0.15) is 0 Å². The first-order valence-electron chi connectivity index (χ1n) is 12.8. The number of hydrogen-bond donors (Lipinski definition) is 2. The summed E-state index contributed by atoms with van der Waals surface area (Å²) in [6.45, 7) is 2.05. The van der Waals surface area contributed by atoms with Crippen LogP contribution in [0.4, 0.5) is 26.1 Å². The van der Waals surface area contributed by atoms with Gasteiger partial charge in [0, 0.05) is 45.0 Å². The summed E-state index contributed by atoms with van der Waals surface area (Å²) in [7, 11) is 1.84. The number of pyridine rings is 1. The van der Waals surface area contributed by atoms with Crippen LogP contribution in [0.5, 0.6) is 0 Å². The molecule has 0 saturated carbocycles. The van der Waals surface area contributed by atoms with E-state index in [0.29, 0.717) is 52.3 Å². The summed E-state index contributed by atoms with van der Waals surface area (Å²) in [5.41, 5.74) is 3.62. The van der Waals surface area contributed by atoms with Gasteiger partial charge in [0.05, 0.1) is 48.1 Å². The van der Waals surface area contributed by atoms with Crippen LogP contribution in [0.3, 0.4) is 0 Å². The molecule has 1 aliphatic rings. The number of imidazole rings is 1.